The van der Waals surface area contributed by atoms with E-state index < -0.39 is 0 Å². The first kappa shape index (κ1) is 34.4. The number of anilines is 1. The molecule has 3 heteroatoms. The maximum atomic E-state index is 7.01. The summed E-state index contributed by atoms with van der Waals surface area (Å²) < 4.78 is 0. The standard InChI is InChI=1S/C44H35N.C7H8N2/c1-4-13-33(14-5-1)34-27-29-38(30-28-34)45-31-32-23-25-35(26-24-32)39-20-12-22-42-43(39)40-19-10-11-21-41(40)44(42,36-15-6-2-7-16-36)37-17-8-3-9-18-37;8-7(9)6-4-2-1-3-5-6/h1-18,20-30,40,45H,19,31H2;1-5H,(H3,8,9). The van der Waals surface area contributed by atoms with E-state index in [1.807, 2.05) is 30.3 Å². The van der Waals surface area contributed by atoms with Crippen LogP contribution in [0.25, 0.3) is 22.3 Å². The number of benzene rings is 7. The number of hydrogen-bond donors (Lipinski definition) is 3. The molecule has 0 saturated carbocycles. The third-order valence-corrected chi connectivity index (χ3v) is 10.7. The van der Waals surface area contributed by atoms with Gasteiger partial charge < -0.3 is 11.1 Å². The summed E-state index contributed by atoms with van der Waals surface area (Å²) in [4.78, 5) is 0. The number of fused-ring (bicyclic) bond motifs is 3. The number of amidine groups is 1. The van der Waals surface area contributed by atoms with E-state index in [1.54, 1.807) is 0 Å². The van der Waals surface area contributed by atoms with Gasteiger partial charge in [0.1, 0.15) is 5.84 Å². The fourth-order valence-electron chi connectivity index (χ4n) is 8.19. The number of allylic oxidation sites excluding steroid dienone is 4. The van der Waals surface area contributed by atoms with Crippen LogP contribution in [0.4, 0.5) is 5.69 Å². The van der Waals surface area contributed by atoms with Crippen LogP contribution in [0.5, 0.6) is 0 Å². The van der Waals surface area contributed by atoms with Gasteiger partial charge >= 0.3 is 0 Å². The summed E-state index contributed by atoms with van der Waals surface area (Å²) in [5, 5.41) is 10.6. The summed E-state index contributed by atoms with van der Waals surface area (Å²) in [6, 6.07) is 66.8. The lowest BCUT2D eigenvalue weighted by Gasteiger charge is -2.35. The van der Waals surface area contributed by atoms with E-state index in [2.05, 4.69) is 181 Å². The topological polar surface area (TPSA) is 61.9 Å². The zero-order chi connectivity index (χ0) is 36.7. The molecule has 0 radical (unpaired) electrons. The Labute approximate surface area is 318 Å². The summed E-state index contributed by atoms with van der Waals surface area (Å²) in [6.45, 7) is 0.781. The van der Waals surface area contributed by atoms with E-state index in [0.717, 1.165) is 24.2 Å². The quantitative estimate of drug-likeness (QED) is 0.109. The van der Waals surface area contributed by atoms with Crippen molar-refractivity contribution in [1.29, 1.82) is 5.41 Å². The highest BCUT2D eigenvalue weighted by molar-refractivity contribution is 5.94. The van der Waals surface area contributed by atoms with Crippen molar-refractivity contribution in [1.82, 2.24) is 0 Å². The third kappa shape index (κ3) is 6.68. The highest BCUT2D eigenvalue weighted by Gasteiger charge is 2.51. The Morgan fingerprint density at radius 3 is 1.74 bits per heavy atom. The predicted molar refractivity (Wildman–Crippen MR) is 226 cm³/mol. The van der Waals surface area contributed by atoms with Crippen molar-refractivity contribution < 1.29 is 0 Å². The van der Waals surface area contributed by atoms with Gasteiger partial charge in [0.2, 0.25) is 0 Å². The molecule has 4 N–H and O–H groups in total. The van der Waals surface area contributed by atoms with Crippen molar-refractivity contribution in [3.63, 3.8) is 0 Å². The second-order valence-electron chi connectivity index (χ2n) is 13.9. The zero-order valence-corrected chi connectivity index (χ0v) is 30.2. The largest absolute Gasteiger partial charge is 0.384 e. The Kier molecular flexibility index (Phi) is 9.86. The van der Waals surface area contributed by atoms with Crippen LogP contribution in [0.3, 0.4) is 0 Å². The minimum atomic E-state index is -0.316. The van der Waals surface area contributed by atoms with Gasteiger partial charge in [-0.3, -0.25) is 5.41 Å². The molecule has 9 rings (SSSR count). The molecule has 0 fully saturated rings. The molecule has 3 nitrogen and oxygen atoms in total. The SMILES string of the molecule is C1=CCC2C(=C1)C(c1ccccc1)(c1ccccc1)c1cccc(-c3ccc(CNc4ccc(-c5ccccc5)cc4)cc3)c12.N=C(N)c1ccccc1. The van der Waals surface area contributed by atoms with Crippen LogP contribution in [0.15, 0.2) is 212 Å². The van der Waals surface area contributed by atoms with E-state index in [-0.39, 0.29) is 11.3 Å². The normalized spacial score (nSPS) is 14.8. The van der Waals surface area contributed by atoms with Gasteiger partial charge in [0.15, 0.2) is 0 Å². The van der Waals surface area contributed by atoms with Gasteiger partial charge in [-0.1, -0.05) is 194 Å². The number of nitrogens with two attached hydrogens (primary N) is 1. The molecule has 1 unspecified atom stereocenters. The monoisotopic (exact) mass is 697 g/mol. The first-order valence-electron chi connectivity index (χ1n) is 18.6. The van der Waals surface area contributed by atoms with Crippen molar-refractivity contribution >= 4 is 11.5 Å². The molecule has 0 heterocycles. The summed E-state index contributed by atoms with van der Waals surface area (Å²) >= 11 is 0. The first-order chi connectivity index (χ1) is 26.6. The number of nitrogens with one attached hydrogen (secondary N) is 2. The zero-order valence-electron chi connectivity index (χ0n) is 30.2. The van der Waals surface area contributed by atoms with E-state index in [9.17, 15) is 0 Å². The van der Waals surface area contributed by atoms with Gasteiger partial charge in [-0.05, 0) is 74.2 Å². The summed E-state index contributed by atoms with van der Waals surface area (Å²) in [6.07, 6.45) is 8.00. The molecule has 0 amide bonds. The summed E-state index contributed by atoms with van der Waals surface area (Å²) in [5.41, 5.74) is 20.1. The van der Waals surface area contributed by atoms with Crippen LogP contribution in [0.2, 0.25) is 0 Å². The maximum absolute atomic E-state index is 7.01. The lowest BCUT2D eigenvalue weighted by Crippen LogP contribution is -2.29. The number of nitrogen functional groups attached to an aromatic ring is 1. The fourth-order valence-corrected chi connectivity index (χ4v) is 8.19. The van der Waals surface area contributed by atoms with E-state index in [4.69, 9.17) is 11.1 Å². The van der Waals surface area contributed by atoms with Crippen molar-refractivity contribution in [2.45, 2.75) is 24.3 Å². The molecular formula is C51H43N3. The Hall–Kier alpha value is -6.71. The maximum Gasteiger partial charge on any atom is 0.122 e. The molecule has 2 aliphatic rings. The van der Waals surface area contributed by atoms with Crippen molar-refractivity contribution in [3.8, 4) is 22.3 Å². The minimum absolute atomic E-state index is 0.121. The van der Waals surface area contributed by atoms with Crippen LogP contribution >= 0.6 is 0 Å². The molecule has 262 valence electrons. The van der Waals surface area contributed by atoms with Crippen molar-refractivity contribution in [2.75, 3.05) is 5.32 Å². The van der Waals surface area contributed by atoms with Gasteiger partial charge in [0, 0.05) is 23.7 Å². The first-order valence-corrected chi connectivity index (χ1v) is 18.6. The Bertz CT molecular complexity index is 2360. The smallest absolute Gasteiger partial charge is 0.122 e. The van der Waals surface area contributed by atoms with Crippen LogP contribution < -0.4 is 11.1 Å². The molecule has 7 aromatic carbocycles. The van der Waals surface area contributed by atoms with Gasteiger partial charge in [0.25, 0.3) is 0 Å². The molecule has 2 aliphatic carbocycles. The minimum Gasteiger partial charge on any atom is -0.384 e. The molecule has 0 aromatic heterocycles. The average molecular weight is 698 g/mol. The second-order valence-corrected chi connectivity index (χ2v) is 13.9. The molecule has 0 aliphatic heterocycles. The van der Waals surface area contributed by atoms with Crippen molar-refractivity contribution in [3.05, 3.63) is 245 Å². The molecule has 54 heavy (non-hydrogen) atoms. The molecule has 1 atom stereocenters. The lowest BCUT2D eigenvalue weighted by atomic mass is 9.66. The Morgan fingerprint density at radius 1 is 0.593 bits per heavy atom. The Morgan fingerprint density at radius 2 is 1.15 bits per heavy atom. The van der Waals surface area contributed by atoms with Crippen molar-refractivity contribution in [2.24, 2.45) is 5.73 Å². The van der Waals surface area contributed by atoms with Crippen LogP contribution in [0.1, 0.15) is 45.7 Å². The highest BCUT2D eigenvalue weighted by atomic mass is 14.9. The number of hydrogen-bond acceptors (Lipinski definition) is 2. The second kappa shape index (κ2) is 15.5. The molecule has 0 saturated heterocycles. The van der Waals surface area contributed by atoms with E-state index in [0.29, 0.717) is 5.92 Å². The van der Waals surface area contributed by atoms with Crippen LogP contribution in [-0.4, -0.2) is 5.84 Å². The van der Waals surface area contributed by atoms with Crippen LogP contribution in [0, 0.1) is 5.41 Å². The summed E-state index contributed by atoms with van der Waals surface area (Å²) in [7, 11) is 0. The predicted octanol–water partition coefficient (Wildman–Crippen LogP) is 11.9. The van der Waals surface area contributed by atoms with Gasteiger partial charge in [-0.25, -0.2) is 0 Å². The average Bonchev–Trinajstić information content (AvgIpc) is 3.56. The van der Waals surface area contributed by atoms with Gasteiger partial charge in [0.05, 0.1) is 5.41 Å². The fraction of sp³-hybridized carbons (Fsp3) is 0.0784. The van der Waals surface area contributed by atoms with Gasteiger partial charge in [-0.2, -0.15) is 0 Å². The van der Waals surface area contributed by atoms with Gasteiger partial charge in [-0.15, -0.1) is 0 Å². The molecule has 0 bridgehead atoms. The Balaban J connectivity index is 0.000000405. The number of rotatable bonds is 8. The van der Waals surface area contributed by atoms with E-state index >= 15 is 0 Å². The molecule has 7 aromatic rings. The van der Waals surface area contributed by atoms with E-state index in [1.165, 1.54) is 55.6 Å². The van der Waals surface area contributed by atoms with Crippen LogP contribution in [-0.2, 0) is 12.0 Å². The molecular weight excluding hydrogens is 655 g/mol. The molecule has 0 spiro atoms. The highest BCUT2D eigenvalue weighted by Crippen LogP contribution is 2.61. The third-order valence-electron chi connectivity index (χ3n) is 10.7. The lowest BCUT2D eigenvalue weighted by molar-refractivity contribution is 0.693. The summed E-state index contributed by atoms with van der Waals surface area (Å²) in [5.74, 6) is 0.456.